The number of carbonyl (C=O) groups is 1. The maximum absolute atomic E-state index is 11.4. The lowest BCUT2D eigenvalue weighted by Crippen LogP contribution is -1.93. The van der Waals surface area contributed by atoms with Crippen LogP contribution in [0.1, 0.15) is 51.0 Å². The van der Waals surface area contributed by atoms with Gasteiger partial charge >= 0.3 is 0 Å². The molecule has 0 saturated heterocycles. The van der Waals surface area contributed by atoms with Crippen molar-refractivity contribution in [3.63, 3.8) is 0 Å². The fourth-order valence-electron chi connectivity index (χ4n) is 2.50. The Bertz CT molecular complexity index is 528. The number of rotatable bonds is 4. The standard InChI is InChI=1S/C19H22O/c1-2-3-7-17(14-18-12-13-19(20)15-18)11-10-16-8-5-4-6-9-16/h4-6,8-9,14,18H,2-3,7,12-13,15H2,1H3/b17-14+. The van der Waals surface area contributed by atoms with Crippen LogP contribution in [-0.4, -0.2) is 5.78 Å². The minimum absolute atomic E-state index is 0.400. The Kier molecular flexibility index (Phi) is 5.62. The predicted molar refractivity (Wildman–Crippen MR) is 83.3 cm³/mol. The van der Waals surface area contributed by atoms with Gasteiger partial charge in [-0.2, -0.15) is 0 Å². The molecule has 1 atom stereocenters. The molecule has 2 rings (SSSR count). The second-order valence-electron chi connectivity index (χ2n) is 5.45. The van der Waals surface area contributed by atoms with E-state index in [1.807, 2.05) is 30.3 Å². The molecule has 1 aliphatic carbocycles. The van der Waals surface area contributed by atoms with Crippen molar-refractivity contribution in [2.75, 3.05) is 0 Å². The number of Topliss-reactive ketones (excluding diaryl/α,β-unsaturated/α-hetero) is 1. The Balaban J connectivity index is 2.09. The molecule has 0 aromatic heterocycles. The maximum Gasteiger partial charge on any atom is 0.133 e. The zero-order valence-corrected chi connectivity index (χ0v) is 12.2. The highest BCUT2D eigenvalue weighted by atomic mass is 16.1. The highest BCUT2D eigenvalue weighted by molar-refractivity contribution is 5.81. The summed E-state index contributed by atoms with van der Waals surface area (Å²) in [6.07, 6.45) is 8.07. The van der Waals surface area contributed by atoms with Gasteiger partial charge in [0, 0.05) is 18.4 Å². The second-order valence-corrected chi connectivity index (χ2v) is 5.45. The van der Waals surface area contributed by atoms with Crippen molar-refractivity contribution in [2.45, 2.75) is 45.4 Å². The van der Waals surface area contributed by atoms with Crippen LogP contribution in [0.3, 0.4) is 0 Å². The van der Waals surface area contributed by atoms with Crippen LogP contribution in [0, 0.1) is 17.8 Å². The third kappa shape index (κ3) is 4.70. The normalized spacial score (nSPS) is 18.8. The first-order chi connectivity index (χ1) is 9.78. The summed E-state index contributed by atoms with van der Waals surface area (Å²) in [5.41, 5.74) is 2.26. The summed E-state index contributed by atoms with van der Waals surface area (Å²) in [7, 11) is 0. The quantitative estimate of drug-likeness (QED) is 0.732. The Labute approximate surface area is 122 Å². The molecule has 0 spiro atoms. The SMILES string of the molecule is CCCC/C(C#Cc1ccccc1)=C\C1CCC(=O)C1. The van der Waals surface area contributed by atoms with Crippen LogP contribution in [-0.2, 0) is 4.79 Å². The average molecular weight is 266 g/mol. The van der Waals surface area contributed by atoms with E-state index < -0.39 is 0 Å². The van der Waals surface area contributed by atoms with E-state index in [-0.39, 0.29) is 0 Å². The summed E-state index contributed by atoms with van der Waals surface area (Å²) >= 11 is 0. The number of hydrogen-bond donors (Lipinski definition) is 0. The van der Waals surface area contributed by atoms with Gasteiger partial charge in [-0.1, -0.05) is 49.5 Å². The lowest BCUT2D eigenvalue weighted by molar-refractivity contribution is -0.117. The van der Waals surface area contributed by atoms with E-state index >= 15 is 0 Å². The minimum atomic E-state index is 0.400. The fraction of sp³-hybridized carbons (Fsp3) is 0.421. The van der Waals surface area contributed by atoms with Crippen molar-refractivity contribution in [3.05, 3.63) is 47.5 Å². The Morgan fingerprint density at radius 3 is 2.80 bits per heavy atom. The minimum Gasteiger partial charge on any atom is -0.300 e. The van der Waals surface area contributed by atoms with Crippen LogP contribution in [0.2, 0.25) is 0 Å². The number of hydrogen-bond acceptors (Lipinski definition) is 1. The third-order valence-electron chi connectivity index (χ3n) is 3.66. The van der Waals surface area contributed by atoms with E-state index in [0.717, 1.165) is 31.2 Å². The molecule has 1 saturated carbocycles. The highest BCUT2D eigenvalue weighted by Gasteiger charge is 2.20. The summed E-state index contributed by atoms with van der Waals surface area (Å²) in [4.78, 5) is 11.4. The van der Waals surface area contributed by atoms with Crippen molar-refractivity contribution >= 4 is 5.78 Å². The Morgan fingerprint density at radius 1 is 1.35 bits per heavy atom. The summed E-state index contributed by atoms with van der Waals surface area (Å²) < 4.78 is 0. The van der Waals surface area contributed by atoms with Gasteiger partial charge < -0.3 is 0 Å². The molecule has 0 heterocycles. The molecule has 0 radical (unpaired) electrons. The van der Waals surface area contributed by atoms with E-state index in [1.165, 1.54) is 12.0 Å². The molecule has 1 heteroatoms. The average Bonchev–Trinajstić information content (AvgIpc) is 2.88. The first-order valence-electron chi connectivity index (χ1n) is 7.57. The molecule has 1 aromatic carbocycles. The number of carbonyl (C=O) groups excluding carboxylic acids is 1. The van der Waals surface area contributed by atoms with Gasteiger partial charge in [-0.3, -0.25) is 4.79 Å². The number of allylic oxidation sites excluding steroid dienone is 2. The van der Waals surface area contributed by atoms with Gasteiger partial charge in [0.2, 0.25) is 0 Å². The van der Waals surface area contributed by atoms with Crippen LogP contribution in [0.4, 0.5) is 0 Å². The zero-order valence-electron chi connectivity index (χ0n) is 12.2. The van der Waals surface area contributed by atoms with Crippen molar-refractivity contribution in [1.29, 1.82) is 0 Å². The highest BCUT2D eigenvalue weighted by Crippen LogP contribution is 2.25. The molecule has 20 heavy (non-hydrogen) atoms. The summed E-state index contributed by atoms with van der Waals surface area (Å²) in [5, 5.41) is 0. The van der Waals surface area contributed by atoms with E-state index in [1.54, 1.807) is 0 Å². The molecule has 104 valence electrons. The first kappa shape index (κ1) is 14.6. The largest absolute Gasteiger partial charge is 0.300 e. The van der Waals surface area contributed by atoms with Gasteiger partial charge in [-0.05, 0) is 42.9 Å². The van der Waals surface area contributed by atoms with Gasteiger partial charge in [0.1, 0.15) is 5.78 Å². The maximum atomic E-state index is 11.4. The first-order valence-corrected chi connectivity index (χ1v) is 7.57. The van der Waals surface area contributed by atoms with Crippen LogP contribution in [0.25, 0.3) is 0 Å². The van der Waals surface area contributed by atoms with Crippen LogP contribution in [0.15, 0.2) is 42.0 Å². The summed E-state index contributed by atoms with van der Waals surface area (Å²) in [6, 6.07) is 10.1. The van der Waals surface area contributed by atoms with Gasteiger partial charge in [-0.25, -0.2) is 0 Å². The fourth-order valence-corrected chi connectivity index (χ4v) is 2.50. The summed E-state index contributed by atoms with van der Waals surface area (Å²) in [6.45, 7) is 2.20. The molecule has 0 aliphatic heterocycles. The van der Waals surface area contributed by atoms with E-state index in [4.69, 9.17) is 0 Å². The van der Waals surface area contributed by atoms with Crippen molar-refractivity contribution in [3.8, 4) is 11.8 Å². The van der Waals surface area contributed by atoms with Crippen molar-refractivity contribution < 1.29 is 4.79 Å². The van der Waals surface area contributed by atoms with Gasteiger partial charge in [0.15, 0.2) is 0 Å². The molecule has 1 nitrogen and oxygen atoms in total. The molecule has 0 bridgehead atoms. The van der Waals surface area contributed by atoms with Crippen LogP contribution < -0.4 is 0 Å². The smallest absolute Gasteiger partial charge is 0.133 e. The predicted octanol–water partition coefficient (Wildman–Crippen LogP) is 4.52. The second kappa shape index (κ2) is 7.70. The van der Waals surface area contributed by atoms with E-state index in [2.05, 4.69) is 24.8 Å². The summed E-state index contributed by atoms with van der Waals surface area (Å²) in [5.74, 6) is 7.36. The molecule has 0 N–H and O–H groups in total. The lowest BCUT2D eigenvalue weighted by atomic mass is 10.0. The van der Waals surface area contributed by atoms with Crippen LogP contribution in [0.5, 0.6) is 0 Å². The number of benzene rings is 1. The lowest BCUT2D eigenvalue weighted by Gasteiger charge is -2.04. The molecular weight excluding hydrogens is 244 g/mol. The number of unbranched alkanes of at least 4 members (excludes halogenated alkanes) is 1. The Morgan fingerprint density at radius 2 is 2.15 bits per heavy atom. The van der Waals surface area contributed by atoms with Crippen molar-refractivity contribution in [2.24, 2.45) is 5.92 Å². The van der Waals surface area contributed by atoms with E-state index in [0.29, 0.717) is 18.1 Å². The molecule has 1 fully saturated rings. The number of ketones is 1. The third-order valence-corrected chi connectivity index (χ3v) is 3.66. The Hall–Kier alpha value is -1.81. The van der Waals surface area contributed by atoms with Gasteiger partial charge in [-0.15, -0.1) is 0 Å². The van der Waals surface area contributed by atoms with Gasteiger partial charge in [0.25, 0.3) is 0 Å². The van der Waals surface area contributed by atoms with Crippen molar-refractivity contribution in [1.82, 2.24) is 0 Å². The molecule has 1 unspecified atom stereocenters. The topological polar surface area (TPSA) is 17.1 Å². The van der Waals surface area contributed by atoms with Crippen LogP contribution >= 0.6 is 0 Å². The van der Waals surface area contributed by atoms with Gasteiger partial charge in [0.05, 0.1) is 0 Å². The molecular formula is C19H22O. The molecule has 0 amide bonds. The van der Waals surface area contributed by atoms with E-state index in [9.17, 15) is 4.79 Å². The molecule has 1 aliphatic rings. The molecule has 1 aromatic rings. The zero-order chi connectivity index (χ0) is 14.2. The monoisotopic (exact) mass is 266 g/mol.